The molecule has 0 fully saturated rings. The summed E-state index contributed by atoms with van der Waals surface area (Å²) in [6.07, 6.45) is 1.60. The van der Waals surface area contributed by atoms with E-state index in [-0.39, 0.29) is 28.4 Å². The highest BCUT2D eigenvalue weighted by molar-refractivity contribution is 7.13. The summed E-state index contributed by atoms with van der Waals surface area (Å²) in [7, 11) is 0. The number of thiazole rings is 1. The van der Waals surface area contributed by atoms with E-state index in [1.165, 1.54) is 28.4 Å². The van der Waals surface area contributed by atoms with Gasteiger partial charge in [-0.25, -0.2) is 9.37 Å². The molecule has 0 bridgehead atoms. The van der Waals surface area contributed by atoms with Gasteiger partial charge in [-0.2, -0.15) is 0 Å². The first-order valence-corrected chi connectivity index (χ1v) is 10.6. The fourth-order valence-corrected chi connectivity index (χ4v) is 4.46. The van der Waals surface area contributed by atoms with Crippen LogP contribution in [0.15, 0.2) is 63.3 Å². The number of nitrogens with zero attached hydrogens (tertiary/aromatic N) is 2. The second-order valence-corrected chi connectivity index (χ2v) is 8.32. The van der Waals surface area contributed by atoms with Crippen LogP contribution in [0.1, 0.15) is 41.6 Å². The average Bonchev–Trinajstić information content (AvgIpc) is 3.36. The lowest BCUT2D eigenvalue weighted by Gasteiger charge is -2.22. The molecule has 0 N–H and O–H groups in total. The van der Waals surface area contributed by atoms with Gasteiger partial charge in [-0.15, -0.1) is 11.3 Å². The Hall–Kier alpha value is -3.52. The van der Waals surface area contributed by atoms with Crippen LogP contribution < -0.4 is 15.1 Å². The smallest absolute Gasteiger partial charge is 0.297 e. The van der Waals surface area contributed by atoms with E-state index in [1.54, 1.807) is 35.8 Å². The van der Waals surface area contributed by atoms with Crippen LogP contribution in [0.2, 0.25) is 0 Å². The molecule has 8 heteroatoms. The van der Waals surface area contributed by atoms with Crippen LogP contribution in [-0.4, -0.2) is 17.0 Å². The van der Waals surface area contributed by atoms with Gasteiger partial charge in [0.25, 0.3) is 5.91 Å². The third-order valence-corrected chi connectivity index (χ3v) is 5.80. The molecule has 0 aliphatic carbocycles. The van der Waals surface area contributed by atoms with E-state index in [2.05, 4.69) is 4.98 Å². The monoisotopic (exact) mass is 436 g/mol. The van der Waals surface area contributed by atoms with Crippen LogP contribution in [0, 0.1) is 5.82 Å². The molecule has 5 rings (SSSR count). The molecule has 1 aliphatic heterocycles. The van der Waals surface area contributed by atoms with Crippen molar-refractivity contribution in [1.29, 1.82) is 0 Å². The summed E-state index contributed by atoms with van der Waals surface area (Å²) in [6, 6.07) is 10.1. The maximum Gasteiger partial charge on any atom is 0.297 e. The SMILES string of the molecule is CC(C)Oc1ccc(C2c3c(oc4ccc(F)cc4c3=O)C(=O)N2c2nccs2)cc1. The van der Waals surface area contributed by atoms with Gasteiger partial charge < -0.3 is 9.15 Å². The molecular weight excluding hydrogens is 419 g/mol. The number of benzene rings is 2. The van der Waals surface area contributed by atoms with Gasteiger partial charge in [0.2, 0.25) is 5.76 Å². The highest BCUT2D eigenvalue weighted by atomic mass is 32.1. The molecule has 0 spiro atoms. The van der Waals surface area contributed by atoms with Gasteiger partial charge >= 0.3 is 0 Å². The van der Waals surface area contributed by atoms with E-state index in [4.69, 9.17) is 9.15 Å². The number of halogens is 1. The number of hydrogen-bond donors (Lipinski definition) is 0. The third kappa shape index (κ3) is 3.19. The normalized spacial score (nSPS) is 15.7. The maximum absolute atomic E-state index is 13.8. The van der Waals surface area contributed by atoms with Gasteiger partial charge in [0.1, 0.15) is 17.1 Å². The summed E-state index contributed by atoms with van der Waals surface area (Å²) >= 11 is 1.28. The first-order valence-electron chi connectivity index (χ1n) is 9.70. The van der Waals surface area contributed by atoms with Crippen molar-refractivity contribution in [2.75, 3.05) is 4.90 Å². The second kappa shape index (κ2) is 7.31. The Morgan fingerprint density at radius 1 is 1.16 bits per heavy atom. The fourth-order valence-electron chi connectivity index (χ4n) is 3.79. The first-order chi connectivity index (χ1) is 14.9. The third-order valence-electron chi connectivity index (χ3n) is 5.03. The largest absolute Gasteiger partial charge is 0.491 e. The topological polar surface area (TPSA) is 72.6 Å². The van der Waals surface area contributed by atoms with E-state index in [9.17, 15) is 14.0 Å². The average molecular weight is 436 g/mol. The summed E-state index contributed by atoms with van der Waals surface area (Å²) < 4.78 is 25.3. The molecule has 4 aromatic rings. The van der Waals surface area contributed by atoms with Crippen LogP contribution in [0.25, 0.3) is 11.0 Å². The lowest BCUT2D eigenvalue weighted by Crippen LogP contribution is -2.29. The van der Waals surface area contributed by atoms with Crippen LogP contribution >= 0.6 is 11.3 Å². The summed E-state index contributed by atoms with van der Waals surface area (Å²) in [5.41, 5.74) is 0.604. The Morgan fingerprint density at radius 2 is 1.94 bits per heavy atom. The number of ether oxygens (including phenoxy) is 1. The minimum Gasteiger partial charge on any atom is -0.491 e. The minimum absolute atomic E-state index is 0.0137. The predicted molar refractivity (Wildman–Crippen MR) is 115 cm³/mol. The Morgan fingerprint density at radius 3 is 2.61 bits per heavy atom. The van der Waals surface area contributed by atoms with E-state index >= 15 is 0 Å². The van der Waals surface area contributed by atoms with Crippen LogP contribution in [0.4, 0.5) is 9.52 Å². The molecule has 2 aromatic carbocycles. The summed E-state index contributed by atoms with van der Waals surface area (Å²) in [6.45, 7) is 3.86. The number of carbonyl (C=O) groups is 1. The van der Waals surface area contributed by atoms with E-state index in [1.807, 2.05) is 13.8 Å². The Kier molecular flexibility index (Phi) is 4.59. The van der Waals surface area contributed by atoms with Crippen LogP contribution in [0.5, 0.6) is 5.75 Å². The predicted octanol–water partition coefficient (Wildman–Crippen LogP) is 4.93. The zero-order valence-corrected chi connectivity index (χ0v) is 17.5. The molecule has 0 saturated heterocycles. The molecule has 0 saturated carbocycles. The molecule has 1 amide bonds. The van der Waals surface area contributed by atoms with Gasteiger partial charge in [-0.3, -0.25) is 14.5 Å². The van der Waals surface area contributed by atoms with Crippen molar-refractivity contribution >= 4 is 33.3 Å². The number of amides is 1. The molecule has 156 valence electrons. The zero-order chi connectivity index (χ0) is 21.7. The molecule has 0 radical (unpaired) electrons. The van der Waals surface area contributed by atoms with Crippen molar-refractivity contribution in [2.24, 2.45) is 0 Å². The molecule has 6 nitrogen and oxygen atoms in total. The lowest BCUT2D eigenvalue weighted by atomic mass is 9.98. The quantitative estimate of drug-likeness (QED) is 0.454. The molecule has 1 aliphatic rings. The van der Waals surface area contributed by atoms with Crippen LogP contribution in [0.3, 0.4) is 0 Å². The van der Waals surface area contributed by atoms with Crippen molar-refractivity contribution in [1.82, 2.24) is 4.98 Å². The Labute approximate surface area is 180 Å². The number of carbonyl (C=O) groups excluding carboxylic acids is 1. The second-order valence-electron chi connectivity index (χ2n) is 7.44. The standard InChI is InChI=1S/C23H17FN2O4S/c1-12(2)29-15-6-3-13(4-7-15)19-18-20(27)16-11-14(24)5-8-17(16)30-21(18)22(28)26(19)23-25-9-10-31-23/h3-12,19H,1-2H3. The molecule has 3 heterocycles. The number of anilines is 1. The molecule has 31 heavy (non-hydrogen) atoms. The summed E-state index contributed by atoms with van der Waals surface area (Å²) in [4.78, 5) is 32.4. The van der Waals surface area contributed by atoms with Gasteiger partial charge in [-0.1, -0.05) is 12.1 Å². The van der Waals surface area contributed by atoms with Gasteiger partial charge in [0.15, 0.2) is 10.6 Å². The van der Waals surface area contributed by atoms with E-state index in [0.717, 1.165) is 6.07 Å². The van der Waals surface area contributed by atoms with Crippen molar-refractivity contribution in [3.8, 4) is 5.75 Å². The summed E-state index contributed by atoms with van der Waals surface area (Å²) in [5, 5.41) is 2.29. The zero-order valence-electron chi connectivity index (χ0n) is 16.7. The maximum atomic E-state index is 13.8. The summed E-state index contributed by atoms with van der Waals surface area (Å²) in [5.74, 6) is -0.378. The Bertz CT molecular complexity index is 1350. The van der Waals surface area contributed by atoms with Crippen LogP contribution in [-0.2, 0) is 0 Å². The molecule has 1 atom stereocenters. The van der Waals surface area contributed by atoms with Crippen molar-refractivity contribution in [3.63, 3.8) is 0 Å². The number of hydrogen-bond acceptors (Lipinski definition) is 6. The minimum atomic E-state index is -0.745. The van der Waals surface area contributed by atoms with Crippen molar-refractivity contribution in [2.45, 2.75) is 26.0 Å². The highest BCUT2D eigenvalue weighted by Crippen LogP contribution is 2.42. The van der Waals surface area contributed by atoms with E-state index < -0.39 is 23.2 Å². The molecule has 1 unspecified atom stereocenters. The van der Waals surface area contributed by atoms with Crippen molar-refractivity contribution < 1.29 is 18.3 Å². The highest BCUT2D eigenvalue weighted by Gasteiger charge is 2.44. The van der Waals surface area contributed by atoms with Gasteiger partial charge in [-0.05, 0) is 49.7 Å². The molecular formula is C23H17FN2O4S. The van der Waals surface area contributed by atoms with E-state index in [0.29, 0.717) is 16.4 Å². The Balaban J connectivity index is 1.73. The number of rotatable bonds is 4. The fraction of sp³-hybridized carbons (Fsp3) is 0.174. The number of aromatic nitrogens is 1. The lowest BCUT2D eigenvalue weighted by molar-refractivity contribution is 0.0971. The molecule has 2 aromatic heterocycles. The van der Waals surface area contributed by atoms with Gasteiger partial charge in [0, 0.05) is 11.6 Å². The van der Waals surface area contributed by atoms with Gasteiger partial charge in [0.05, 0.1) is 23.1 Å². The van der Waals surface area contributed by atoms with Crippen molar-refractivity contribution in [3.05, 3.63) is 87.0 Å². The first kappa shape index (κ1) is 19.4. The number of fused-ring (bicyclic) bond motifs is 2.